The van der Waals surface area contributed by atoms with Gasteiger partial charge in [-0.05, 0) is 18.7 Å². The molecule has 0 spiro atoms. The van der Waals surface area contributed by atoms with Crippen LogP contribution in [0.15, 0.2) is 18.2 Å². The van der Waals surface area contributed by atoms with Crippen molar-refractivity contribution in [2.75, 3.05) is 13.6 Å². The number of nitrogens with two attached hydrogens (primary N) is 1. The summed E-state index contributed by atoms with van der Waals surface area (Å²) in [6.45, 7) is 1.52. The second-order valence-corrected chi connectivity index (χ2v) is 3.62. The third-order valence-electron chi connectivity index (χ3n) is 2.46. The molecule has 1 aromatic rings. The molecule has 0 bridgehead atoms. The van der Waals surface area contributed by atoms with Crippen LogP contribution in [0.1, 0.15) is 17.2 Å². The SMILES string of the molecule is CN1Cc2cccc(F)c2C(N)C1. The van der Waals surface area contributed by atoms with Crippen LogP contribution in [-0.4, -0.2) is 18.5 Å². The van der Waals surface area contributed by atoms with Crippen LogP contribution in [0.3, 0.4) is 0 Å². The number of benzene rings is 1. The van der Waals surface area contributed by atoms with Crippen molar-refractivity contribution in [2.24, 2.45) is 5.73 Å². The van der Waals surface area contributed by atoms with Crippen LogP contribution in [0, 0.1) is 5.82 Å². The van der Waals surface area contributed by atoms with Crippen molar-refractivity contribution in [1.29, 1.82) is 0 Å². The second-order valence-electron chi connectivity index (χ2n) is 3.62. The molecule has 2 nitrogen and oxygen atoms in total. The minimum Gasteiger partial charge on any atom is -0.323 e. The monoisotopic (exact) mass is 180 g/mol. The Hall–Kier alpha value is -0.930. The van der Waals surface area contributed by atoms with Gasteiger partial charge in [0.25, 0.3) is 0 Å². The van der Waals surface area contributed by atoms with Gasteiger partial charge in [-0.25, -0.2) is 4.39 Å². The maximum Gasteiger partial charge on any atom is 0.128 e. The van der Waals surface area contributed by atoms with E-state index in [1.54, 1.807) is 6.07 Å². The van der Waals surface area contributed by atoms with Crippen LogP contribution >= 0.6 is 0 Å². The van der Waals surface area contributed by atoms with E-state index in [9.17, 15) is 4.39 Å². The van der Waals surface area contributed by atoms with Gasteiger partial charge < -0.3 is 10.6 Å². The van der Waals surface area contributed by atoms with Crippen molar-refractivity contribution in [2.45, 2.75) is 12.6 Å². The van der Waals surface area contributed by atoms with Crippen molar-refractivity contribution in [3.63, 3.8) is 0 Å². The number of fused-ring (bicyclic) bond motifs is 1. The summed E-state index contributed by atoms with van der Waals surface area (Å²) in [5, 5.41) is 0. The highest BCUT2D eigenvalue weighted by Crippen LogP contribution is 2.26. The quantitative estimate of drug-likeness (QED) is 0.651. The van der Waals surface area contributed by atoms with Crippen LogP contribution in [0.2, 0.25) is 0 Å². The summed E-state index contributed by atoms with van der Waals surface area (Å²) in [6.07, 6.45) is 0. The molecule has 0 aliphatic carbocycles. The molecule has 2 N–H and O–H groups in total. The zero-order valence-corrected chi connectivity index (χ0v) is 7.63. The molecule has 1 unspecified atom stereocenters. The summed E-state index contributed by atoms with van der Waals surface area (Å²) in [4.78, 5) is 2.10. The van der Waals surface area contributed by atoms with E-state index in [-0.39, 0.29) is 11.9 Å². The molecule has 1 aromatic carbocycles. The number of hydrogen-bond acceptors (Lipinski definition) is 2. The number of rotatable bonds is 0. The van der Waals surface area contributed by atoms with Gasteiger partial charge in [0.15, 0.2) is 0 Å². The van der Waals surface area contributed by atoms with E-state index in [2.05, 4.69) is 4.90 Å². The zero-order chi connectivity index (χ0) is 9.42. The largest absolute Gasteiger partial charge is 0.323 e. The highest BCUT2D eigenvalue weighted by Gasteiger charge is 2.22. The lowest BCUT2D eigenvalue weighted by molar-refractivity contribution is 0.278. The molecule has 3 heteroatoms. The van der Waals surface area contributed by atoms with Crippen molar-refractivity contribution in [3.05, 3.63) is 35.1 Å². The van der Waals surface area contributed by atoms with Crippen molar-refractivity contribution in [1.82, 2.24) is 4.90 Å². The minimum absolute atomic E-state index is 0.168. The summed E-state index contributed by atoms with van der Waals surface area (Å²) in [5.74, 6) is -0.168. The van der Waals surface area contributed by atoms with E-state index in [4.69, 9.17) is 5.73 Å². The molecule has 0 aromatic heterocycles. The third kappa shape index (κ3) is 1.45. The molecule has 0 fully saturated rings. The number of halogens is 1. The van der Waals surface area contributed by atoms with E-state index in [1.807, 2.05) is 13.1 Å². The molecule has 0 saturated heterocycles. The summed E-state index contributed by atoms with van der Waals surface area (Å²) in [5.41, 5.74) is 7.57. The standard InChI is InChI=1S/C10H13FN2/c1-13-5-7-3-2-4-8(11)10(7)9(12)6-13/h2-4,9H,5-6,12H2,1H3. The Morgan fingerprint density at radius 3 is 3.08 bits per heavy atom. The lowest BCUT2D eigenvalue weighted by Gasteiger charge is -2.30. The predicted octanol–water partition coefficient (Wildman–Crippen LogP) is 1.27. The van der Waals surface area contributed by atoms with Crippen LogP contribution in [-0.2, 0) is 6.54 Å². The van der Waals surface area contributed by atoms with Gasteiger partial charge in [-0.3, -0.25) is 0 Å². The fraction of sp³-hybridized carbons (Fsp3) is 0.400. The van der Waals surface area contributed by atoms with Crippen LogP contribution < -0.4 is 5.73 Å². The summed E-state index contributed by atoms with van der Waals surface area (Å²) in [6, 6.07) is 4.97. The first-order valence-electron chi connectivity index (χ1n) is 4.40. The van der Waals surface area contributed by atoms with E-state index in [0.29, 0.717) is 5.56 Å². The van der Waals surface area contributed by atoms with Gasteiger partial charge in [-0.15, -0.1) is 0 Å². The minimum atomic E-state index is -0.185. The average Bonchev–Trinajstić information content (AvgIpc) is 2.02. The Balaban J connectivity index is 2.49. The first-order chi connectivity index (χ1) is 6.18. The average molecular weight is 180 g/mol. The molecule has 1 heterocycles. The van der Waals surface area contributed by atoms with Crippen molar-refractivity contribution < 1.29 is 4.39 Å². The van der Waals surface area contributed by atoms with Gasteiger partial charge in [0.2, 0.25) is 0 Å². The first kappa shape index (κ1) is 8.66. The Bertz CT molecular complexity index is 325. The molecular weight excluding hydrogens is 167 g/mol. The Labute approximate surface area is 77.2 Å². The normalized spacial score (nSPS) is 22.8. The lowest BCUT2D eigenvalue weighted by atomic mass is 9.96. The molecule has 0 amide bonds. The molecule has 1 aliphatic heterocycles. The molecule has 1 atom stereocenters. The molecule has 2 rings (SSSR count). The Kier molecular flexibility index (Phi) is 2.06. The van der Waals surface area contributed by atoms with Crippen LogP contribution in [0.4, 0.5) is 4.39 Å². The predicted molar refractivity (Wildman–Crippen MR) is 49.7 cm³/mol. The van der Waals surface area contributed by atoms with E-state index >= 15 is 0 Å². The number of likely N-dealkylation sites (N-methyl/N-ethyl adjacent to an activating group) is 1. The number of hydrogen-bond donors (Lipinski definition) is 1. The molecule has 1 aliphatic rings. The first-order valence-corrected chi connectivity index (χ1v) is 4.40. The lowest BCUT2D eigenvalue weighted by Crippen LogP contribution is -2.35. The fourth-order valence-electron chi connectivity index (χ4n) is 1.92. The Morgan fingerprint density at radius 2 is 2.31 bits per heavy atom. The topological polar surface area (TPSA) is 29.3 Å². The molecule has 13 heavy (non-hydrogen) atoms. The summed E-state index contributed by atoms with van der Waals surface area (Å²) in [7, 11) is 1.99. The molecule has 0 saturated carbocycles. The Morgan fingerprint density at radius 1 is 1.54 bits per heavy atom. The van der Waals surface area contributed by atoms with Gasteiger partial charge in [0.05, 0.1) is 0 Å². The zero-order valence-electron chi connectivity index (χ0n) is 7.63. The van der Waals surface area contributed by atoms with Gasteiger partial charge in [0, 0.05) is 24.7 Å². The third-order valence-corrected chi connectivity index (χ3v) is 2.46. The van der Waals surface area contributed by atoms with Gasteiger partial charge in [-0.2, -0.15) is 0 Å². The van der Waals surface area contributed by atoms with E-state index in [0.717, 1.165) is 18.7 Å². The van der Waals surface area contributed by atoms with Crippen molar-refractivity contribution >= 4 is 0 Å². The number of nitrogens with zero attached hydrogens (tertiary/aromatic N) is 1. The summed E-state index contributed by atoms with van der Waals surface area (Å²) >= 11 is 0. The van der Waals surface area contributed by atoms with E-state index in [1.165, 1.54) is 6.07 Å². The molecule has 0 radical (unpaired) electrons. The fourth-order valence-corrected chi connectivity index (χ4v) is 1.92. The van der Waals surface area contributed by atoms with Crippen molar-refractivity contribution in [3.8, 4) is 0 Å². The van der Waals surface area contributed by atoms with Gasteiger partial charge >= 0.3 is 0 Å². The van der Waals surface area contributed by atoms with Gasteiger partial charge in [-0.1, -0.05) is 12.1 Å². The maximum absolute atomic E-state index is 13.4. The molecular formula is C10H13FN2. The van der Waals surface area contributed by atoms with Gasteiger partial charge in [0.1, 0.15) is 5.82 Å². The maximum atomic E-state index is 13.4. The summed E-state index contributed by atoms with van der Waals surface area (Å²) < 4.78 is 13.4. The van der Waals surface area contributed by atoms with Crippen LogP contribution in [0.25, 0.3) is 0 Å². The second kappa shape index (κ2) is 3.09. The highest BCUT2D eigenvalue weighted by molar-refractivity contribution is 5.33. The highest BCUT2D eigenvalue weighted by atomic mass is 19.1. The smallest absolute Gasteiger partial charge is 0.128 e. The van der Waals surface area contributed by atoms with E-state index < -0.39 is 0 Å². The molecule has 70 valence electrons. The van der Waals surface area contributed by atoms with Crippen LogP contribution in [0.5, 0.6) is 0 Å².